The Bertz CT molecular complexity index is 357. The Labute approximate surface area is 99.2 Å². The summed E-state index contributed by atoms with van der Waals surface area (Å²) in [5.41, 5.74) is -0.630. The molecule has 0 saturated carbocycles. The van der Waals surface area contributed by atoms with E-state index in [0.717, 1.165) is 0 Å². The van der Waals surface area contributed by atoms with Crippen LogP contribution in [0.4, 0.5) is 0 Å². The summed E-state index contributed by atoms with van der Waals surface area (Å²) in [6, 6.07) is -0.987. The number of rotatable bonds is 3. The van der Waals surface area contributed by atoms with Crippen LogP contribution in [0.2, 0.25) is 0 Å². The van der Waals surface area contributed by atoms with Gasteiger partial charge in [-0.3, -0.25) is 9.59 Å². The highest BCUT2D eigenvalue weighted by atomic mass is 16.4. The van der Waals surface area contributed by atoms with Crippen molar-refractivity contribution < 1.29 is 24.6 Å². The first kappa shape index (κ1) is 13.5. The molecule has 1 aliphatic rings. The molecule has 1 rings (SSSR count). The van der Waals surface area contributed by atoms with Crippen molar-refractivity contribution in [2.75, 3.05) is 6.54 Å². The number of carbonyl (C=O) groups is 3. The molecule has 96 valence electrons. The van der Waals surface area contributed by atoms with E-state index >= 15 is 0 Å². The second-order valence-electron chi connectivity index (χ2n) is 5.39. The summed E-state index contributed by atoms with van der Waals surface area (Å²) in [7, 11) is 0. The number of nitrogens with zero attached hydrogens (tertiary/aromatic N) is 1. The normalized spacial score (nSPS) is 22.6. The molecular formula is C11H17NO5. The molecule has 0 bridgehead atoms. The SMILES string of the molecule is CC(C)(C)C(C(=O)O)N1CC(C(=O)O)CC1=O. The van der Waals surface area contributed by atoms with Gasteiger partial charge >= 0.3 is 11.9 Å². The molecule has 1 heterocycles. The fraction of sp³-hybridized carbons (Fsp3) is 0.727. The fourth-order valence-corrected chi connectivity index (χ4v) is 2.12. The lowest BCUT2D eigenvalue weighted by atomic mass is 9.85. The number of hydrogen-bond donors (Lipinski definition) is 2. The molecule has 0 aliphatic carbocycles. The smallest absolute Gasteiger partial charge is 0.326 e. The zero-order valence-electron chi connectivity index (χ0n) is 10.1. The van der Waals surface area contributed by atoms with Crippen molar-refractivity contribution in [1.82, 2.24) is 4.90 Å². The van der Waals surface area contributed by atoms with Gasteiger partial charge < -0.3 is 15.1 Å². The van der Waals surface area contributed by atoms with Crippen LogP contribution in [0.5, 0.6) is 0 Å². The van der Waals surface area contributed by atoms with Gasteiger partial charge in [0.25, 0.3) is 0 Å². The second kappa shape index (κ2) is 4.35. The van der Waals surface area contributed by atoms with Gasteiger partial charge in [-0.25, -0.2) is 4.79 Å². The maximum Gasteiger partial charge on any atom is 0.326 e. The number of carbonyl (C=O) groups excluding carboxylic acids is 1. The van der Waals surface area contributed by atoms with Crippen molar-refractivity contribution in [2.24, 2.45) is 11.3 Å². The Morgan fingerprint density at radius 3 is 2.18 bits per heavy atom. The molecule has 0 radical (unpaired) electrons. The van der Waals surface area contributed by atoms with Gasteiger partial charge in [0, 0.05) is 13.0 Å². The molecule has 17 heavy (non-hydrogen) atoms. The average molecular weight is 243 g/mol. The number of carboxylic acids is 2. The van der Waals surface area contributed by atoms with Crippen LogP contribution >= 0.6 is 0 Å². The minimum Gasteiger partial charge on any atom is -0.481 e. The number of likely N-dealkylation sites (tertiary alicyclic amines) is 1. The van der Waals surface area contributed by atoms with Crippen molar-refractivity contribution in [3.05, 3.63) is 0 Å². The minimum absolute atomic E-state index is 0.0254. The summed E-state index contributed by atoms with van der Waals surface area (Å²) < 4.78 is 0. The van der Waals surface area contributed by atoms with Crippen molar-refractivity contribution >= 4 is 17.8 Å². The summed E-state index contributed by atoms with van der Waals surface area (Å²) in [5.74, 6) is -3.36. The Kier molecular flexibility index (Phi) is 3.45. The predicted octanol–water partition coefficient (Wildman–Crippen LogP) is 0.419. The first-order valence-corrected chi connectivity index (χ1v) is 5.39. The zero-order chi connectivity index (χ0) is 13.4. The van der Waals surface area contributed by atoms with E-state index in [1.54, 1.807) is 20.8 Å². The van der Waals surface area contributed by atoms with Crippen LogP contribution in [0, 0.1) is 11.3 Å². The maximum atomic E-state index is 11.7. The van der Waals surface area contributed by atoms with Crippen LogP contribution in [0.3, 0.4) is 0 Å². The van der Waals surface area contributed by atoms with Crippen molar-refractivity contribution in [3.8, 4) is 0 Å². The number of aliphatic carboxylic acids is 2. The molecule has 1 fully saturated rings. The Morgan fingerprint density at radius 2 is 1.88 bits per heavy atom. The molecule has 6 heteroatoms. The van der Waals surface area contributed by atoms with E-state index in [9.17, 15) is 19.5 Å². The van der Waals surface area contributed by atoms with Crippen molar-refractivity contribution in [2.45, 2.75) is 33.2 Å². The summed E-state index contributed by atoms with van der Waals surface area (Å²) in [6.45, 7) is 5.12. The summed E-state index contributed by atoms with van der Waals surface area (Å²) in [4.78, 5) is 34.9. The molecule has 2 N–H and O–H groups in total. The highest BCUT2D eigenvalue weighted by Crippen LogP contribution is 2.30. The summed E-state index contributed by atoms with van der Waals surface area (Å²) >= 11 is 0. The molecule has 1 saturated heterocycles. The molecule has 0 aromatic rings. The average Bonchev–Trinajstić information content (AvgIpc) is 2.45. The van der Waals surface area contributed by atoms with E-state index in [4.69, 9.17) is 5.11 Å². The van der Waals surface area contributed by atoms with E-state index in [1.165, 1.54) is 4.90 Å². The maximum absolute atomic E-state index is 11.7. The third-order valence-electron chi connectivity index (χ3n) is 2.87. The zero-order valence-corrected chi connectivity index (χ0v) is 10.1. The topological polar surface area (TPSA) is 94.9 Å². The predicted molar refractivity (Wildman–Crippen MR) is 58.3 cm³/mol. The van der Waals surface area contributed by atoms with E-state index in [1.807, 2.05) is 0 Å². The third-order valence-corrected chi connectivity index (χ3v) is 2.87. The lowest BCUT2D eigenvalue weighted by molar-refractivity contribution is -0.153. The second-order valence-corrected chi connectivity index (χ2v) is 5.39. The van der Waals surface area contributed by atoms with E-state index < -0.39 is 35.2 Å². The molecule has 0 aromatic heterocycles. The number of hydrogen-bond acceptors (Lipinski definition) is 3. The number of amides is 1. The van der Waals surface area contributed by atoms with Gasteiger partial charge in [-0.1, -0.05) is 20.8 Å². The minimum atomic E-state index is -1.10. The third kappa shape index (κ3) is 2.75. The largest absolute Gasteiger partial charge is 0.481 e. The Morgan fingerprint density at radius 1 is 1.35 bits per heavy atom. The van der Waals surface area contributed by atoms with Crippen LogP contribution in [0.25, 0.3) is 0 Å². The van der Waals surface area contributed by atoms with Gasteiger partial charge in [0.15, 0.2) is 0 Å². The molecule has 0 aromatic carbocycles. The van der Waals surface area contributed by atoms with Gasteiger partial charge in [0.05, 0.1) is 5.92 Å². The molecule has 1 amide bonds. The van der Waals surface area contributed by atoms with Gasteiger partial charge in [0.2, 0.25) is 5.91 Å². The molecule has 1 aliphatic heterocycles. The van der Waals surface area contributed by atoms with Crippen molar-refractivity contribution in [3.63, 3.8) is 0 Å². The van der Waals surface area contributed by atoms with Crippen LogP contribution in [-0.2, 0) is 14.4 Å². The molecule has 2 atom stereocenters. The quantitative estimate of drug-likeness (QED) is 0.749. The van der Waals surface area contributed by atoms with Crippen molar-refractivity contribution in [1.29, 1.82) is 0 Å². The molecule has 0 spiro atoms. The highest BCUT2D eigenvalue weighted by Gasteiger charge is 2.45. The van der Waals surface area contributed by atoms with E-state index in [-0.39, 0.29) is 13.0 Å². The standard InChI is InChI=1S/C11H17NO5/c1-11(2,3)8(10(16)17)12-5-6(9(14)15)4-7(12)13/h6,8H,4-5H2,1-3H3,(H,14,15)(H,16,17). The summed E-state index contributed by atoms with van der Waals surface area (Å²) in [6.07, 6.45) is -0.116. The van der Waals surface area contributed by atoms with Crippen LogP contribution in [0.1, 0.15) is 27.2 Å². The van der Waals surface area contributed by atoms with Gasteiger partial charge in [-0.05, 0) is 5.41 Å². The fourth-order valence-electron chi connectivity index (χ4n) is 2.12. The molecular weight excluding hydrogens is 226 g/mol. The molecule has 2 unspecified atom stereocenters. The van der Waals surface area contributed by atoms with Gasteiger partial charge in [-0.2, -0.15) is 0 Å². The Balaban J connectivity index is 2.95. The lowest BCUT2D eigenvalue weighted by Crippen LogP contribution is -2.50. The first-order chi connectivity index (χ1) is 7.64. The molecule has 6 nitrogen and oxygen atoms in total. The van der Waals surface area contributed by atoms with Crippen LogP contribution < -0.4 is 0 Å². The van der Waals surface area contributed by atoms with Gasteiger partial charge in [-0.15, -0.1) is 0 Å². The monoisotopic (exact) mass is 243 g/mol. The first-order valence-electron chi connectivity index (χ1n) is 5.39. The highest BCUT2D eigenvalue weighted by molar-refractivity contribution is 5.90. The van der Waals surface area contributed by atoms with E-state index in [2.05, 4.69) is 0 Å². The summed E-state index contributed by atoms with van der Waals surface area (Å²) in [5, 5.41) is 18.0. The number of carboxylic acid groups (broad SMARTS) is 2. The van der Waals surface area contributed by atoms with Gasteiger partial charge in [0.1, 0.15) is 6.04 Å². The Hall–Kier alpha value is -1.59. The van der Waals surface area contributed by atoms with Crippen LogP contribution in [-0.4, -0.2) is 45.5 Å². The van der Waals surface area contributed by atoms with Crippen LogP contribution in [0.15, 0.2) is 0 Å². The lowest BCUT2D eigenvalue weighted by Gasteiger charge is -2.34. The van der Waals surface area contributed by atoms with E-state index in [0.29, 0.717) is 0 Å².